The molecule has 2 aromatic carbocycles. The van der Waals surface area contributed by atoms with Gasteiger partial charge >= 0.3 is 5.97 Å². The number of aromatic nitrogens is 2. The first-order valence-corrected chi connectivity index (χ1v) is 11.3. The molecular formula is C24H22Cl2F2N2O2. The molecule has 32 heavy (non-hydrogen) atoms. The molecule has 0 amide bonds. The molecular weight excluding hydrogens is 457 g/mol. The molecule has 3 aromatic rings. The van der Waals surface area contributed by atoms with Crippen molar-refractivity contribution in [2.45, 2.75) is 39.0 Å². The van der Waals surface area contributed by atoms with E-state index < -0.39 is 17.6 Å². The maximum atomic E-state index is 15.2. The number of halogens is 4. The van der Waals surface area contributed by atoms with E-state index in [1.54, 1.807) is 23.6 Å². The van der Waals surface area contributed by atoms with Crippen molar-refractivity contribution in [3.8, 4) is 16.9 Å². The normalized spacial score (nSPS) is 14.2. The third-order valence-electron chi connectivity index (χ3n) is 5.73. The van der Waals surface area contributed by atoms with Crippen molar-refractivity contribution in [3.63, 3.8) is 0 Å². The van der Waals surface area contributed by atoms with Gasteiger partial charge in [0.25, 0.3) is 0 Å². The zero-order valence-electron chi connectivity index (χ0n) is 17.5. The minimum Gasteiger partial charge on any atom is -0.461 e. The Morgan fingerprint density at radius 2 is 1.91 bits per heavy atom. The standard InChI is InChI=1S/C24H22Cl2F2N2O2/c1-2-32-24(31)22-23(15-10-11-18(27)17(26)13-15)30(19-9-5-8-16(25)21(19)28)20(29-22)12-14-6-3-4-7-14/h5,8-11,13-14H,2-4,6-7,12H2,1H3. The van der Waals surface area contributed by atoms with Crippen LogP contribution < -0.4 is 0 Å². The highest BCUT2D eigenvalue weighted by atomic mass is 35.5. The Morgan fingerprint density at radius 1 is 1.16 bits per heavy atom. The number of rotatable bonds is 6. The van der Waals surface area contributed by atoms with Crippen LogP contribution in [-0.2, 0) is 11.2 Å². The molecule has 1 heterocycles. The molecule has 8 heteroatoms. The second kappa shape index (κ2) is 9.59. The Labute approximate surface area is 195 Å². The van der Waals surface area contributed by atoms with Crippen molar-refractivity contribution in [1.29, 1.82) is 0 Å². The highest BCUT2D eigenvalue weighted by molar-refractivity contribution is 6.31. The molecule has 0 radical (unpaired) electrons. The number of carbonyl (C=O) groups excluding carboxylic acids is 1. The molecule has 0 saturated heterocycles. The van der Waals surface area contributed by atoms with Gasteiger partial charge in [-0.2, -0.15) is 0 Å². The Bertz CT molecular complexity index is 1160. The number of imidazole rings is 1. The van der Waals surface area contributed by atoms with E-state index in [-0.39, 0.29) is 28.0 Å². The summed E-state index contributed by atoms with van der Waals surface area (Å²) in [6.45, 7) is 1.85. The van der Waals surface area contributed by atoms with Crippen molar-refractivity contribution in [1.82, 2.24) is 9.55 Å². The van der Waals surface area contributed by atoms with E-state index in [1.165, 1.54) is 24.3 Å². The Hall–Kier alpha value is -2.44. The number of benzene rings is 2. The van der Waals surface area contributed by atoms with Crippen molar-refractivity contribution >= 4 is 29.2 Å². The van der Waals surface area contributed by atoms with Gasteiger partial charge in [-0.3, -0.25) is 4.57 Å². The van der Waals surface area contributed by atoms with Crippen LogP contribution in [0.4, 0.5) is 8.78 Å². The van der Waals surface area contributed by atoms with E-state index in [0.29, 0.717) is 29.4 Å². The summed E-state index contributed by atoms with van der Waals surface area (Å²) >= 11 is 12.1. The number of nitrogens with zero attached hydrogens (tertiary/aromatic N) is 2. The number of hydrogen-bond acceptors (Lipinski definition) is 3. The van der Waals surface area contributed by atoms with Gasteiger partial charge in [0.05, 0.1) is 28.0 Å². The van der Waals surface area contributed by atoms with Crippen LogP contribution in [0.5, 0.6) is 0 Å². The second-order valence-electron chi connectivity index (χ2n) is 7.84. The first-order valence-electron chi connectivity index (χ1n) is 10.6. The van der Waals surface area contributed by atoms with Crippen LogP contribution in [0.25, 0.3) is 16.9 Å². The minimum atomic E-state index is -0.642. The van der Waals surface area contributed by atoms with Gasteiger partial charge in [-0.05, 0) is 43.2 Å². The summed E-state index contributed by atoms with van der Waals surface area (Å²) in [4.78, 5) is 17.5. The van der Waals surface area contributed by atoms with Gasteiger partial charge in [-0.1, -0.05) is 55.0 Å². The fraction of sp³-hybridized carbons (Fsp3) is 0.333. The molecule has 0 unspecified atom stereocenters. The van der Waals surface area contributed by atoms with Crippen LogP contribution in [0.15, 0.2) is 36.4 Å². The molecule has 0 N–H and O–H groups in total. The summed E-state index contributed by atoms with van der Waals surface area (Å²) < 4.78 is 35.9. The lowest BCUT2D eigenvalue weighted by Gasteiger charge is -2.16. The number of carbonyl (C=O) groups is 1. The monoisotopic (exact) mass is 478 g/mol. The molecule has 0 aliphatic heterocycles. The zero-order valence-corrected chi connectivity index (χ0v) is 19.0. The van der Waals surface area contributed by atoms with Gasteiger partial charge in [0.1, 0.15) is 11.6 Å². The molecule has 1 aromatic heterocycles. The van der Waals surface area contributed by atoms with E-state index in [9.17, 15) is 9.18 Å². The SMILES string of the molecule is CCOC(=O)c1nc(CC2CCCC2)n(-c2cccc(Cl)c2F)c1-c1ccc(F)c(Cl)c1. The summed E-state index contributed by atoms with van der Waals surface area (Å²) in [5.41, 5.74) is 0.898. The van der Waals surface area contributed by atoms with Crippen LogP contribution in [0.2, 0.25) is 10.0 Å². The molecule has 1 fully saturated rings. The quantitative estimate of drug-likeness (QED) is 0.357. The first-order chi connectivity index (χ1) is 15.4. The highest BCUT2D eigenvalue weighted by Gasteiger charge is 2.29. The Morgan fingerprint density at radius 3 is 2.59 bits per heavy atom. The van der Waals surface area contributed by atoms with Crippen LogP contribution in [-0.4, -0.2) is 22.1 Å². The van der Waals surface area contributed by atoms with Crippen molar-refractivity contribution in [3.05, 3.63) is 69.6 Å². The largest absolute Gasteiger partial charge is 0.461 e. The van der Waals surface area contributed by atoms with Crippen LogP contribution in [0, 0.1) is 17.6 Å². The average molecular weight is 479 g/mol. The van der Waals surface area contributed by atoms with E-state index in [2.05, 4.69) is 4.98 Å². The highest BCUT2D eigenvalue weighted by Crippen LogP contribution is 2.36. The van der Waals surface area contributed by atoms with Crippen LogP contribution >= 0.6 is 23.2 Å². The fourth-order valence-electron chi connectivity index (χ4n) is 4.25. The molecule has 1 aliphatic carbocycles. The van der Waals surface area contributed by atoms with E-state index in [0.717, 1.165) is 25.7 Å². The maximum Gasteiger partial charge on any atom is 0.359 e. The van der Waals surface area contributed by atoms with Gasteiger partial charge in [-0.15, -0.1) is 0 Å². The summed E-state index contributed by atoms with van der Waals surface area (Å²) in [6, 6.07) is 8.74. The minimum absolute atomic E-state index is 0.0295. The number of ether oxygens (including phenoxy) is 1. The summed E-state index contributed by atoms with van der Waals surface area (Å²) in [5.74, 6) is -0.977. The molecule has 0 atom stereocenters. The Kier molecular flexibility index (Phi) is 6.82. The van der Waals surface area contributed by atoms with Gasteiger partial charge in [-0.25, -0.2) is 18.6 Å². The third kappa shape index (κ3) is 4.39. The molecule has 4 nitrogen and oxygen atoms in total. The molecule has 1 saturated carbocycles. The molecule has 168 valence electrons. The lowest BCUT2D eigenvalue weighted by atomic mass is 10.0. The fourth-order valence-corrected chi connectivity index (χ4v) is 4.60. The van der Waals surface area contributed by atoms with Gasteiger partial charge in [0.15, 0.2) is 11.5 Å². The molecule has 0 bridgehead atoms. The lowest BCUT2D eigenvalue weighted by molar-refractivity contribution is 0.0521. The maximum absolute atomic E-state index is 15.2. The number of hydrogen-bond donors (Lipinski definition) is 0. The van der Waals surface area contributed by atoms with Crippen LogP contribution in [0.3, 0.4) is 0 Å². The zero-order chi connectivity index (χ0) is 22.8. The van der Waals surface area contributed by atoms with Crippen molar-refractivity contribution < 1.29 is 18.3 Å². The summed E-state index contributed by atoms with van der Waals surface area (Å²) in [6.07, 6.45) is 4.89. The van der Waals surface area contributed by atoms with Crippen molar-refractivity contribution in [2.24, 2.45) is 5.92 Å². The topological polar surface area (TPSA) is 44.1 Å². The number of esters is 1. The summed E-state index contributed by atoms with van der Waals surface area (Å²) in [5, 5.41) is -0.169. The van der Waals surface area contributed by atoms with Gasteiger partial charge < -0.3 is 4.74 Å². The van der Waals surface area contributed by atoms with Crippen molar-refractivity contribution in [2.75, 3.05) is 6.61 Å². The second-order valence-corrected chi connectivity index (χ2v) is 8.65. The molecule has 1 aliphatic rings. The first kappa shape index (κ1) is 22.7. The third-order valence-corrected chi connectivity index (χ3v) is 6.31. The van der Waals surface area contributed by atoms with E-state index >= 15 is 4.39 Å². The van der Waals surface area contributed by atoms with Gasteiger partial charge in [0, 0.05) is 12.0 Å². The van der Waals surface area contributed by atoms with E-state index in [4.69, 9.17) is 27.9 Å². The Balaban J connectivity index is 2.00. The van der Waals surface area contributed by atoms with E-state index in [1.807, 2.05) is 0 Å². The molecule has 0 spiro atoms. The summed E-state index contributed by atoms with van der Waals surface area (Å²) in [7, 11) is 0. The van der Waals surface area contributed by atoms with Crippen LogP contribution in [0.1, 0.15) is 48.9 Å². The van der Waals surface area contributed by atoms with Gasteiger partial charge in [0.2, 0.25) is 0 Å². The lowest BCUT2D eigenvalue weighted by Crippen LogP contribution is -2.10. The average Bonchev–Trinajstić information content (AvgIpc) is 3.41. The smallest absolute Gasteiger partial charge is 0.359 e. The predicted molar refractivity (Wildman–Crippen MR) is 121 cm³/mol. The predicted octanol–water partition coefficient (Wildman–Crippen LogP) is 7.03. The molecule has 4 rings (SSSR count).